The van der Waals surface area contributed by atoms with Gasteiger partial charge in [-0.15, -0.1) is 0 Å². The van der Waals surface area contributed by atoms with Crippen molar-refractivity contribution in [2.24, 2.45) is 0 Å². The van der Waals surface area contributed by atoms with Crippen LogP contribution in [0.4, 0.5) is 0 Å². The maximum atomic E-state index is 2.46. The van der Waals surface area contributed by atoms with Crippen LogP contribution in [0.15, 0.2) is 182 Å². The molecule has 236 valence electrons. The third kappa shape index (κ3) is 4.64. The minimum absolute atomic E-state index is 1.05. The number of rotatable bonds is 5. The van der Waals surface area contributed by atoms with E-state index in [1.165, 1.54) is 82.7 Å². The van der Waals surface area contributed by atoms with E-state index in [2.05, 4.69) is 191 Å². The summed E-state index contributed by atoms with van der Waals surface area (Å²) in [6.45, 7) is 0. The Morgan fingerprint density at radius 3 is 1.52 bits per heavy atom. The number of nitrogens with zero attached hydrogens (tertiary/aromatic N) is 2. The molecule has 0 radical (unpaired) electrons. The molecule has 0 unspecified atom stereocenters. The highest BCUT2D eigenvalue weighted by molar-refractivity contribution is 6.13. The van der Waals surface area contributed by atoms with Gasteiger partial charge in [0.05, 0.1) is 22.1 Å². The number of hydrogen-bond acceptors (Lipinski definition) is 0. The van der Waals surface area contributed by atoms with E-state index in [0.29, 0.717) is 0 Å². The normalized spacial score (nSPS) is 13.1. The molecule has 2 nitrogen and oxygen atoms in total. The molecule has 10 rings (SSSR count). The van der Waals surface area contributed by atoms with Gasteiger partial charge in [-0.3, -0.25) is 0 Å². The molecule has 0 amide bonds. The molecule has 2 heterocycles. The molecule has 1 aliphatic rings. The van der Waals surface area contributed by atoms with Gasteiger partial charge in [0.1, 0.15) is 0 Å². The van der Waals surface area contributed by atoms with Crippen LogP contribution in [0.1, 0.15) is 12.8 Å². The zero-order valence-electron chi connectivity index (χ0n) is 27.6. The van der Waals surface area contributed by atoms with E-state index in [9.17, 15) is 0 Å². The lowest BCUT2D eigenvalue weighted by atomic mass is 10.00. The van der Waals surface area contributed by atoms with Gasteiger partial charge in [-0.1, -0.05) is 127 Å². The molecule has 0 atom stereocenters. The van der Waals surface area contributed by atoms with Crippen LogP contribution in [0.5, 0.6) is 0 Å². The lowest BCUT2D eigenvalue weighted by Gasteiger charge is -2.14. The summed E-state index contributed by atoms with van der Waals surface area (Å²) < 4.78 is 4.87. The second kappa shape index (κ2) is 11.6. The number of aromatic nitrogens is 2. The molecule has 0 aliphatic heterocycles. The highest BCUT2D eigenvalue weighted by atomic mass is 15.0. The molecular formula is C48H34N2. The van der Waals surface area contributed by atoms with Crippen molar-refractivity contribution in [2.75, 3.05) is 0 Å². The Hall–Kier alpha value is -6.38. The number of hydrogen-bond donors (Lipinski definition) is 0. The average molecular weight is 639 g/mol. The van der Waals surface area contributed by atoms with Crippen LogP contribution in [0, 0.1) is 0 Å². The number of para-hydroxylation sites is 2. The zero-order valence-corrected chi connectivity index (χ0v) is 27.6. The average Bonchev–Trinajstić information content (AvgIpc) is 3.71. The van der Waals surface area contributed by atoms with Crippen molar-refractivity contribution in [1.82, 2.24) is 9.13 Å². The van der Waals surface area contributed by atoms with Crippen molar-refractivity contribution >= 4 is 49.3 Å². The molecule has 50 heavy (non-hydrogen) atoms. The Morgan fingerprint density at radius 1 is 0.360 bits per heavy atom. The molecule has 2 aromatic heterocycles. The van der Waals surface area contributed by atoms with Gasteiger partial charge in [-0.05, 0) is 101 Å². The minimum atomic E-state index is 1.05. The topological polar surface area (TPSA) is 9.86 Å². The Labute approximate surface area is 291 Å². The predicted octanol–water partition coefficient (Wildman–Crippen LogP) is 13.1. The summed E-state index contributed by atoms with van der Waals surface area (Å²) in [4.78, 5) is 0. The zero-order chi connectivity index (χ0) is 33.0. The highest BCUT2D eigenvalue weighted by Gasteiger charge is 2.17. The first-order valence-electron chi connectivity index (χ1n) is 17.5. The Morgan fingerprint density at radius 2 is 0.860 bits per heavy atom. The molecule has 9 aromatic rings. The third-order valence-corrected chi connectivity index (χ3v) is 10.4. The fraction of sp³-hybridized carbons (Fsp3) is 0.0417. The minimum Gasteiger partial charge on any atom is -0.313 e. The van der Waals surface area contributed by atoms with E-state index < -0.39 is 0 Å². The Bertz CT molecular complexity index is 2790. The van der Waals surface area contributed by atoms with Crippen LogP contribution in [-0.4, -0.2) is 9.13 Å². The van der Waals surface area contributed by atoms with Crippen molar-refractivity contribution in [1.29, 1.82) is 0 Å². The fourth-order valence-corrected chi connectivity index (χ4v) is 7.98. The lowest BCUT2D eigenvalue weighted by molar-refractivity contribution is 0.979. The van der Waals surface area contributed by atoms with Crippen LogP contribution < -0.4 is 0 Å². The van der Waals surface area contributed by atoms with E-state index >= 15 is 0 Å². The number of fused-ring (bicyclic) bond motifs is 6. The van der Waals surface area contributed by atoms with Crippen LogP contribution in [0.25, 0.3) is 88.4 Å². The van der Waals surface area contributed by atoms with Crippen LogP contribution >= 0.6 is 0 Å². The van der Waals surface area contributed by atoms with Gasteiger partial charge < -0.3 is 9.13 Å². The molecule has 0 saturated heterocycles. The van der Waals surface area contributed by atoms with Crippen molar-refractivity contribution in [3.63, 3.8) is 0 Å². The second-order valence-electron chi connectivity index (χ2n) is 13.3. The molecule has 0 fully saturated rings. The predicted molar refractivity (Wildman–Crippen MR) is 213 cm³/mol. The SMILES string of the molecule is C1=CCCC(n2c3ccccc3c3cc(-c4ccc5c(c4)c4ccccc4n5-c4cccc(-c5ccc(-c6ccccc6)cc5)c4)ccc32)=C1. The van der Waals surface area contributed by atoms with Crippen LogP contribution in [0.2, 0.25) is 0 Å². The molecule has 7 aromatic carbocycles. The largest absolute Gasteiger partial charge is 0.313 e. The molecule has 0 saturated carbocycles. The van der Waals surface area contributed by atoms with Crippen LogP contribution in [-0.2, 0) is 0 Å². The summed E-state index contributed by atoms with van der Waals surface area (Å²) in [6, 6.07) is 60.0. The van der Waals surface area contributed by atoms with Crippen LogP contribution in [0.3, 0.4) is 0 Å². The maximum Gasteiger partial charge on any atom is 0.0541 e. The van der Waals surface area contributed by atoms with Crippen molar-refractivity contribution in [2.45, 2.75) is 12.8 Å². The first kappa shape index (κ1) is 28.6. The van der Waals surface area contributed by atoms with Crippen molar-refractivity contribution in [3.8, 4) is 39.1 Å². The van der Waals surface area contributed by atoms with E-state index in [-0.39, 0.29) is 0 Å². The van der Waals surface area contributed by atoms with E-state index in [1.54, 1.807) is 0 Å². The first-order valence-corrected chi connectivity index (χ1v) is 17.5. The summed E-state index contributed by atoms with van der Waals surface area (Å²) in [7, 11) is 0. The quantitative estimate of drug-likeness (QED) is 0.178. The van der Waals surface area contributed by atoms with E-state index in [4.69, 9.17) is 0 Å². The number of allylic oxidation sites excluding steroid dienone is 4. The summed E-state index contributed by atoms with van der Waals surface area (Å²) in [5.74, 6) is 0. The summed E-state index contributed by atoms with van der Waals surface area (Å²) in [5.41, 5.74) is 14.8. The molecule has 1 aliphatic carbocycles. The second-order valence-corrected chi connectivity index (χ2v) is 13.3. The van der Waals surface area contributed by atoms with Gasteiger partial charge in [0.25, 0.3) is 0 Å². The van der Waals surface area contributed by atoms with E-state index in [0.717, 1.165) is 18.5 Å². The molecule has 0 spiro atoms. The van der Waals surface area contributed by atoms with Gasteiger partial charge in [-0.25, -0.2) is 0 Å². The molecular weight excluding hydrogens is 605 g/mol. The summed E-state index contributed by atoms with van der Waals surface area (Å²) in [6.07, 6.45) is 8.85. The third-order valence-electron chi connectivity index (χ3n) is 10.4. The van der Waals surface area contributed by atoms with Gasteiger partial charge in [0, 0.05) is 32.9 Å². The molecule has 0 bridgehead atoms. The van der Waals surface area contributed by atoms with E-state index in [1.807, 2.05) is 0 Å². The standard InChI is InChI=1S/C48H34N2/c1-3-12-33(13-4-1)34-22-24-35(25-23-34)36-14-11-17-40(30-36)50-46-21-10-8-19-42(46)44-32-38(27-29-48(44)50)37-26-28-47-43(31-37)41-18-7-9-20-45(41)49(47)39-15-5-2-6-16-39/h1-5,7-15,17-32H,6,16H2. The van der Waals surface area contributed by atoms with Gasteiger partial charge in [-0.2, -0.15) is 0 Å². The lowest BCUT2D eigenvalue weighted by Crippen LogP contribution is -1.98. The monoisotopic (exact) mass is 638 g/mol. The summed E-state index contributed by atoms with van der Waals surface area (Å²) >= 11 is 0. The number of benzene rings is 7. The van der Waals surface area contributed by atoms with Gasteiger partial charge in [0.15, 0.2) is 0 Å². The smallest absolute Gasteiger partial charge is 0.0541 e. The molecule has 0 N–H and O–H groups in total. The molecule has 2 heteroatoms. The first-order chi connectivity index (χ1) is 24.8. The Kier molecular flexibility index (Phi) is 6.67. The van der Waals surface area contributed by atoms with Gasteiger partial charge >= 0.3 is 0 Å². The van der Waals surface area contributed by atoms with Crippen molar-refractivity contribution < 1.29 is 0 Å². The summed E-state index contributed by atoms with van der Waals surface area (Å²) in [5, 5.41) is 5.12. The maximum absolute atomic E-state index is 2.46. The fourth-order valence-electron chi connectivity index (χ4n) is 7.98. The highest BCUT2D eigenvalue weighted by Crippen LogP contribution is 2.39. The van der Waals surface area contributed by atoms with Crippen molar-refractivity contribution in [3.05, 3.63) is 182 Å². The van der Waals surface area contributed by atoms with Gasteiger partial charge in [0.2, 0.25) is 0 Å². The Balaban J connectivity index is 1.08.